The van der Waals surface area contributed by atoms with E-state index in [0.29, 0.717) is 6.54 Å². The van der Waals surface area contributed by atoms with Gasteiger partial charge in [0.05, 0.1) is 17.8 Å². The second-order valence-corrected chi connectivity index (χ2v) is 10.4. The summed E-state index contributed by atoms with van der Waals surface area (Å²) in [5.74, 6) is 0.0740. The molecule has 0 spiro atoms. The van der Waals surface area contributed by atoms with Crippen LogP contribution < -0.4 is 11.1 Å². The summed E-state index contributed by atoms with van der Waals surface area (Å²) in [5.41, 5.74) is 10.4. The molecule has 2 aromatic heterocycles. The van der Waals surface area contributed by atoms with E-state index in [2.05, 4.69) is 61.6 Å². The third-order valence-electron chi connectivity index (χ3n) is 6.68. The van der Waals surface area contributed by atoms with Gasteiger partial charge in [0.2, 0.25) is 5.91 Å². The zero-order valence-electron chi connectivity index (χ0n) is 20.2. The molecular weight excluding hydrogens is 538 g/mol. The second-order valence-electron chi connectivity index (χ2n) is 9.00. The Labute approximate surface area is 226 Å². The van der Waals surface area contributed by atoms with Gasteiger partial charge >= 0.3 is 0 Å². The van der Waals surface area contributed by atoms with Gasteiger partial charge in [-0.05, 0) is 107 Å². The lowest BCUT2D eigenvalue weighted by molar-refractivity contribution is -0.128. The first kappa shape index (κ1) is 26.3. The molecule has 3 N–H and O–H groups in total. The lowest BCUT2D eigenvalue weighted by Crippen LogP contribution is -2.51. The first-order valence-corrected chi connectivity index (χ1v) is 13.4. The van der Waals surface area contributed by atoms with Crippen molar-refractivity contribution in [2.24, 2.45) is 5.73 Å². The van der Waals surface area contributed by atoms with Crippen LogP contribution in [0.3, 0.4) is 0 Å². The molecule has 36 heavy (non-hydrogen) atoms. The maximum absolute atomic E-state index is 13.4. The summed E-state index contributed by atoms with van der Waals surface area (Å²) in [4.78, 5) is 24.7. The Morgan fingerprint density at radius 3 is 2.72 bits per heavy atom. The van der Waals surface area contributed by atoms with E-state index < -0.39 is 0 Å². The number of nitrogens with one attached hydrogen (secondary N) is 1. The van der Waals surface area contributed by atoms with E-state index in [-0.39, 0.29) is 18.0 Å². The predicted molar refractivity (Wildman–Crippen MR) is 147 cm³/mol. The van der Waals surface area contributed by atoms with Gasteiger partial charge in [-0.1, -0.05) is 30.7 Å². The van der Waals surface area contributed by atoms with Crippen LogP contribution in [-0.2, 0) is 24.2 Å². The number of halogens is 2. The van der Waals surface area contributed by atoms with E-state index in [1.165, 1.54) is 22.9 Å². The highest BCUT2D eigenvalue weighted by molar-refractivity contribution is 9.10. The summed E-state index contributed by atoms with van der Waals surface area (Å²) in [5, 5.41) is 3.91. The number of piperidine rings is 1. The van der Waals surface area contributed by atoms with E-state index in [1.807, 2.05) is 24.4 Å². The summed E-state index contributed by atoms with van der Waals surface area (Å²) in [7, 11) is 0. The fraction of sp³-hybridized carbons (Fsp3) is 0.321. The average Bonchev–Trinajstić information content (AvgIpc) is 3.04. The molecule has 188 valence electrons. The minimum absolute atomic E-state index is 0.0696. The molecule has 3 aromatic rings. The molecule has 1 amide bonds. The van der Waals surface area contributed by atoms with Crippen molar-refractivity contribution in [3.8, 4) is 0 Å². The van der Waals surface area contributed by atoms with E-state index in [0.717, 1.165) is 59.4 Å². The SMILES string of the molecule is C=CN.O=C(NCc1ccncc1)C1CCCCN1C1c2ccc(Cl)cc2CCc2cc(Br)cnc21. The maximum Gasteiger partial charge on any atom is 0.237 e. The van der Waals surface area contributed by atoms with Crippen molar-refractivity contribution in [1.82, 2.24) is 20.2 Å². The van der Waals surface area contributed by atoms with Crippen molar-refractivity contribution in [2.75, 3.05) is 6.54 Å². The van der Waals surface area contributed by atoms with E-state index in [1.54, 1.807) is 12.4 Å². The molecule has 2 atom stereocenters. The molecule has 1 aliphatic carbocycles. The third-order valence-corrected chi connectivity index (χ3v) is 7.35. The van der Waals surface area contributed by atoms with Gasteiger partial charge in [-0.2, -0.15) is 0 Å². The number of hydrogen-bond acceptors (Lipinski definition) is 5. The van der Waals surface area contributed by atoms with Crippen LogP contribution in [-0.4, -0.2) is 33.4 Å². The van der Waals surface area contributed by atoms with Crippen LogP contribution in [0.25, 0.3) is 0 Å². The summed E-state index contributed by atoms with van der Waals surface area (Å²) >= 11 is 9.96. The maximum atomic E-state index is 13.4. The zero-order chi connectivity index (χ0) is 25.5. The molecule has 0 saturated carbocycles. The number of benzene rings is 1. The van der Waals surface area contributed by atoms with Crippen LogP contribution in [0.4, 0.5) is 0 Å². The number of nitrogens with zero attached hydrogens (tertiary/aromatic N) is 3. The smallest absolute Gasteiger partial charge is 0.237 e. The predicted octanol–water partition coefficient (Wildman–Crippen LogP) is 5.34. The highest BCUT2D eigenvalue weighted by Crippen LogP contribution is 2.40. The summed E-state index contributed by atoms with van der Waals surface area (Å²) in [6, 6.07) is 11.9. The van der Waals surface area contributed by atoms with Crippen molar-refractivity contribution in [2.45, 2.75) is 50.7 Å². The van der Waals surface area contributed by atoms with E-state index in [4.69, 9.17) is 16.6 Å². The van der Waals surface area contributed by atoms with Crippen molar-refractivity contribution < 1.29 is 4.79 Å². The Morgan fingerprint density at radius 2 is 1.94 bits per heavy atom. The van der Waals surface area contributed by atoms with Gasteiger partial charge in [-0.15, -0.1) is 0 Å². The Balaban J connectivity index is 0.000000967. The number of pyridine rings is 2. The average molecular weight is 569 g/mol. The second kappa shape index (κ2) is 12.5. The Morgan fingerprint density at radius 1 is 1.19 bits per heavy atom. The number of carbonyl (C=O) groups is 1. The van der Waals surface area contributed by atoms with Crippen LogP contribution in [0.2, 0.25) is 5.02 Å². The molecule has 3 heterocycles. The highest BCUT2D eigenvalue weighted by atomic mass is 79.9. The normalized spacial score (nSPS) is 19.1. The minimum atomic E-state index is -0.203. The van der Waals surface area contributed by atoms with Crippen molar-refractivity contribution in [3.63, 3.8) is 0 Å². The third kappa shape index (κ3) is 6.14. The van der Waals surface area contributed by atoms with Gasteiger partial charge < -0.3 is 11.1 Å². The number of likely N-dealkylation sites (tertiary alicyclic amines) is 1. The van der Waals surface area contributed by atoms with Gasteiger partial charge in [-0.25, -0.2) is 0 Å². The van der Waals surface area contributed by atoms with Gasteiger partial charge in [0.15, 0.2) is 0 Å². The number of fused-ring (bicyclic) bond motifs is 2. The van der Waals surface area contributed by atoms with Crippen LogP contribution >= 0.6 is 27.5 Å². The largest absolute Gasteiger partial charge is 0.405 e. The number of nitrogens with two attached hydrogens (primary N) is 1. The fourth-order valence-corrected chi connectivity index (χ4v) is 5.67. The molecule has 6 nitrogen and oxygen atoms in total. The summed E-state index contributed by atoms with van der Waals surface area (Å²) in [6.07, 6.45) is 11.4. The summed E-state index contributed by atoms with van der Waals surface area (Å²) in [6.45, 7) is 4.50. The quantitative estimate of drug-likeness (QED) is 0.444. The standard InChI is InChI=1S/C26H26BrClN4O.C2H5N/c27-20-13-19-5-4-18-14-21(28)6-7-22(18)25(24(19)30-16-20)32-12-2-1-3-23(32)26(33)31-15-17-8-10-29-11-9-17;1-2-3/h6-11,13-14,16,23,25H,1-5,12,15H2,(H,31,33);2H,1,3H2. The number of carbonyl (C=O) groups excluding carboxylic acids is 1. The van der Waals surface area contributed by atoms with E-state index in [9.17, 15) is 4.79 Å². The fourth-order valence-electron chi connectivity index (χ4n) is 5.10. The van der Waals surface area contributed by atoms with Crippen molar-refractivity contribution in [1.29, 1.82) is 0 Å². The summed E-state index contributed by atoms with van der Waals surface area (Å²) < 4.78 is 0.981. The minimum Gasteiger partial charge on any atom is -0.405 e. The highest BCUT2D eigenvalue weighted by Gasteiger charge is 2.38. The molecule has 2 aliphatic rings. The van der Waals surface area contributed by atoms with Gasteiger partial charge in [0.25, 0.3) is 0 Å². The molecule has 1 fully saturated rings. The molecule has 5 rings (SSSR count). The van der Waals surface area contributed by atoms with Crippen LogP contribution in [0.5, 0.6) is 0 Å². The van der Waals surface area contributed by atoms with Gasteiger partial charge in [0, 0.05) is 34.6 Å². The van der Waals surface area contributed by atoms with Crippen LogP contribution in [0, 0.1) is 0 Å². The Hall–Kier alpha value is -2.74. The molecular formula is C28H31BrClN5O. The van der Waals surface area contributed by atoms with Crippen LogP contribution in [0.15, 0.2) is 72.2 Å². The molecule has 0 radical (unpaired) electrons. The van der Waals surface area contributed by atoms with Crippen molar-refractivity contribution in [3.05, 3.63) is 105 Å². The first-order valence-electron chi connectivity index (χ1n) is 12.2. The molecule has 1 saturated heterocycles. The number of aromatic nitrogens is 2. The number of rotatable bonds is 4. The topological polar surface area (TPSA) is 84.1 Å². The zero-order valence-corrected chi connectivity index (χ0v) is 22.5. The molecule has 2 unspecified atom stereocenters. The van der Waals surface area contributed by atoms with Gasteiger partial charge in [-0.3, -0.25) is 19.7 Å². The lowest BCUT2D eigenvalue weighted by atomic mass is 9.91. The van der Waals surface area contributed by atoms with Gasteiger partial charge in [0.1, 0.15) is 0 Å². The van der Waals surface area contributed by atoms with E-state index >= 15 is 0 Å². The number of amides is 1. The molecule has 0 bridgehead atoms. The number of aryl methyl sites for hydroxylation is 2. The monoisotopic (exact) mass is 567 g/mol. The molecule has 1 aliphatic heterocycles. The lowest BCUT2D eigenvalue weighted by Gasteiger charge is -2.41. The Bertz CT molecular complexity index is 1150. The molecule has 8 heteroatoms. The number of hydrogen-bond donors (Lipinski definition) is 2. The van der Waals surface area contributed by atoms with Crippen LogP contribution in [0.1, 0.15) is 53.3 Å². The molecule has 1 aromatic carbocycles. The van der Waals surface area contributed by atoms with Crippen molar-refractivity contribution >= 4 is 33.4 Å². The Kier molecular flexibility index (Phi) is 9.13. The first-order chi connectivity index (χ1) is 17.5.